The van der Waals surface area contributed by atoms with Crippen molar-refractivity contribution in [3.05, 3.63) is 34.9 Å². The molecule has 1 aromatic rings. The maximum Gasteiger partial charge on any atom is 0.281 e. The maximum atomic E-state index is 12.3. The fraction of sp³-hybridized carbons (Fsp3) is 0.538. The van der Waals surface area contributed by atoms with Gasteiger partial charge in [-0.25, -0.2) is 0 Å². The average molecular weight is 319 g/mol. The molecule has 1 fully saturated rings. The summed E-state index contributed by atoms with van der Waals surface area (Å²) in [4.78, 5) is 0. The Bertz CT molecular complexity index is 577. The summed E-state index contributed by atoms with van der Waals surface area (Å²) in [6.45, 7) is 2.50. The molecule has 20 heavy (non-hydrogen) atoms. The van der Waals surface area contributed by atoms with Crippen LogP contribution in [-0.2, 0) is 14.9 Å². The Hall–Kier alpha value is -0.660. The zero-order valence-corrected chi connectivity index (χ0v) is 13.4. The van der Waals surface area contributed by atoms with E-state index < -0.39 is 10.2 Å². The van der Waals surface area contributed by atoms with Crippen LogP contribution in [0.25, 0.3) is 0 Å². The molecule has 7 heteroatoms. The molecule has 0 aliphatic carbocycles. The van der Waals surface area contributed by atoms with Gasteiger partial charge in [-0.1, -0.05) is 23.7 Å². The van der Waals surface area contributed by atoms with Crippen molar-refractivity contribution in [2.24, 2.45) is 0 Å². The highest BCUT2D eigenvalue weighted by atomic mass is 35.5. The summed E-state index contributed by atoms with van der Waals surface area (Å²) >= 11 is 5.97. The molecule has 1 aliphatic heterocycles. The molecule has 0 amide bonds. The van der Waals surface area contributed by atoms with Crippen LogP contribution in [0.5, 0.6) is 0 Å². The third-order valence-electron chi connectivity index (χ3n) is 3.35. The molecule has 0 spiro atoms. The molecule has 1 saturated heterocycles. The van der Waals surface area contributed by atoms with Crippen molar-refractivity contribution in [1.82, 2.24) is 8.61 Å². The van der Waals surface area contributed by atoms with Gasteiger partial charge in [0.15, 0.2) is 0 Å². The van der Waals surface area contributed by atoms with E-state index in [0.717, 1.165) is 5.56 Å². The summed E-state index contributed by atoms with van der Waals surface area (Å²) in [5.41, 5.74) is 0.892. The second-order valence-electron chi connectivity index (χ2n) is 5.09. The van der Waals surface area contributed by atoms with Crippen molar-refractivity contribution in [2.75, 3.05) is 27.2 Å². The lowest BCUT2D eigenvalue weighted by atomic mass is 10.1. The molecule has 1 heterocycles. The normalized spacial score (nSPS) is 25.1. The third-order valence-corrected chi connectivity index (χ3v) is 5.61. The number of halogens is 1. The molecule has 0 bridgehead atoms. The van der Waals surface area contributed by atoms with Gasteiger partial charge in [0.1, 0.15) is 0 Å². The Morgan fingerprint density at radius 2 is 2.10 bits per heavy atom. The summed E-state index contributed by atoms with van der Waals surface area (Å²) in [7, 11) is -0.379. The number of hydrogen-bond acceptors (Lipinski definition) is 3. The summed E-state index contributed by atoms with van der Waals surface area (Å²) in [6.07, 6.45) is -0.292. The first kappa shape index (κ1) is 15.7. The van der Waals surface area contributed by atoms with Crippen molar-refractivity contribution >= 4 is 21.8 Å². The molecular weight excluding hydrogens is 300 g/mol. The van der Waals surface area contributed by atoms with Gasteiger partial charge in [0.2, 0.25) is 0 Å². The van der Waals surface area contributed by atoms with E-state index in [1.165, 1.54) is 22.7 Å². The van der Waals surface area contributed by atoms with Crippen molar-refractivity contribution in [2.45, 2.75) is 19.1 Å². The van der Waals surface area contributed by atoms with Crippen LogP contribution in [0, 0.1) is 0 Å². The van der Waals surface area contributed by atoms with E-state index in [9.17, 15) is 8.42 Å². The first-order valence-electron chi connectivity index (χ1n) is 6.38. The second kappa shape index (κ2) is 5.99. The standard InChI is InChI=1S/C13H19ClN2O3S/c1-10-9-19-13(11-5-4-6-12(14)7-11)8-16(10)20(17,18)15(2)3/h4-7,10,13H,8-9H2,1-3H3/t10-,13+/m1/s1. The predicted octanol–water partition coefficient (Wildman–Crippen LogP) is 1.91. The molecule has 0 saturated carbocycles. The van der Waals surface area contributed by atoms with Gasteiger partial charge < -0.3 is 4.74 Å². The Labute approximate surface area is 125 Å². The first-order valence-corrected chi connectivity index (χ1v) is 8.16. The minimum absolute atomic E-state index is 0.183. The van der Waals surface area contributed by atoms with E-state index in [4.69, 9.17) is 16.3 Å². The zero-order valence-electron chi connectivity index (χ0n) is 11.8. The van der Waals surface area contributed by atoms with Gasteiger partial charge in [0.05, 0.1) is 12.7 Å². The quantitative estimate of drug-likeness (QED) is 0.855. The van der Waals surface area contributed by atoms with Crippen molar-refractivity contribution < 1.29 is 13.2 Å². The molecule has 0 radical (unpaired) electrons. The Balaban J connectivity index is 2.25. The molecule has 2 atom stereocenters. The van der Waals surface area contributed by atoms with Crippen molar-refractivity contribution in [3.63, 3.8) is 0 Å². The van der Waals surface area contributed by atoms with Crippen LogP contribution in [0.3, 0.4) is 0 Å². The lowest BCUT2D eigenvalue weighted by Crippen LogP contribution is -2.51. The molecule has 0 aromatic heterocycles. The van der Waals surface area contributed by atoms with E-state index in [1.807, 2.05) is 25.1 Å². The number of morpholine rings is 1. The van der Waals surface area contributed by atoms with Gasteiger partial charge in [-0.15, -0.1) is 0 Å². The second-order valence-corrected chi connectivity index (χ2v) is 7.62. The van der Waals surface area contributed by atoms with Crippen LogP contribution in [0.4, 0.5) is 0 Å². The van der Waals surface area contributed by atoms with E-state index in [-0.39, 0.29) is 12.1 Å². The molecule has 0 N–H and O–H groups in total. The SMILES string of the molecule is C[C@@H]1CO[C@H](c2cccc(Cl)c2)CN1S(=O)(=O)N(C)C. The maximum absolute atomic E-state index is 12.3. The van der Waals surface area contributed by atoms with Gasteiger partial charge in [0, 0.05) is 31.7 Å². The molecular formula is C13H19ClN2O3S. The largest absolute Gasteiger partial charge is 0.370 e. The van der Waals surface area contributed by atoms with Crippen LogP contribution >= 0.6 is 11.6 Å². The molecule has 2 rings (SSSR count). The summed E-state index contributed by atoms with van der Waals surface area (Å²) < 4.78 is 33.1. The van der Waals surface area contributed by atoms with Gasteiger partial charge in [0.25, 0.3) is 10.2 Å². The first-order chi connectivity index (χ1) is 9.32. The van der Waals surface area contributed by atoms with Crippen LogP contribution < -0.4 is 0 Å². The van der Waals surface area contributed by atoms with E-state index in [1.54, 1.807) is 6.07 Å². The summed E-state index contributed by atoms with van der Waals surface area (Å²) in [5, 5.41) is 0.617. The summed E-state index contributed by atoms with van der Waals surface area (Å²) in [5.74, 6) is 0. The van der Waals surface area contributed by atoms with Gasteiger partial charge in [-0.05, 0) is 24.6 Å². The van der Waals surface area contributed by atoms with Crippen LogP contribution in [0.15, 0.2) is 24.3 Å². The van der Waals surface area contributed by atoms with E-state index in [0.29, 0.717) is 18.2 Å². The predicted molar refractivity (Wildman–Crippen MR) is 78.9 cm³/mol. The molecule has 1 aromatic carbocycles. The highest BCUT2D eigenvalue weighted by Crippen LogP contribution is 2.28. The fourth-order valence-corrected chi connectivity index (χ4v) is 3.63. The average Bonchev–Trinajstić information content (AvgIpc) is 2.38. The van der Waals surface area contributed by atoms with E-state index >= 15 is 0 Å². The smallest absolute Gasteiger partial charge is 0.281 e. The summed E-state index contributed by atoms with van der Waals surface area (Å²) in [6, 6.07) is 7.14. The minimum atomic E-state index is -3.45. The number of benzene rings is 1. The molecule has 0 unspecified atom stereocenters. The number of ether oxygens (including phenoxy) is 1. The third kappa shape index (κ3) is 3.15. The van der Waals surface area contributed by atoms with Crippen LogP contribution in [-0.4, -0.2) is 50.3 Å². The molecule has 1 aliphatic rings. The lowest BCUT2D eigenvalue weighted by Gasteiger charge is -2.38. The minimum Gasteiger partial charge on any atom is -0.370 e. The zero-order chi connectivity index (χ0) is 14.9. The van der Waals surface area contributed by atoms with Gasteiger partial charge in [-0.2, -0.15) is 17.0 Å². The van der Waals surface area contributed by atoms with E-state index in [2.05, 4.69) is 0 Å². The Morgan fingerprint density at radius 1 is 1.40 bits per heavy atom. The number of rotatable bonds is 3. The fourth-order valence-electron chi connectivity index (χ4n) is 2.17. The lowest BCUT2D eigenvalue weighted by molar-refractivity contribution is -0.0302. The number of nitrogens with zero attached hydrogens (tertiary/aromatic N) is 2. The van der Waals surface area contributed by atoms with Crippen molar-refractivity contribution in [1.29, 1.82) is 0 Å². The number of hydrogen-bond donors (Lipinski definition) is 0. The highest BCUT2D eigenvalue weighted by Gasteiger charge is 2.36. The molecule has 112 valence electrons. The Kier molecular flexibility index (Phi) is 4.71. The highest BCUT2D eigenvalue weighted by molar-refractivity contribution is 7.86. The van der Waals surface area contributed by atoms with Gasteiger partial charge >= 0.3 is 0 Å². The topological polar surface area (TPSA) is 49.9 Å². The van der Waals surface area contributed by atoms with Gasteiger partial charge in [-0.3, -0.25) is 0 Å². The Morgan fingerprint density at radius 3 is 2.70 bits per heavy atom. The monoisotopic (exact) mass is 318 g/mol. The molecule has 5 nitrogen and oxygen atoms in total. The van der Waals surface area contributed by atoms with Crippen LogP contribution in [0.2, 0.25) is 5.02 Å². The van der Waals surface area contributed by atoms with Crippen LogP contribution in [0.1, 0.15) is 18.6 Å². The van der Waals surface area contributed by atoms with Crippen molar-refractivity contribution in [3.8, 4) is 0 Å².